The molecule has 1 unspecified atom stereocenters. The largest absolute Gasteiger partial charge is 0.310 e. The summed E-state index contributed by atoms with van der Waals surface area (Å²) in [6.07, 6.45) is 0. The van der Waals surface area contributed by atoms with Crippen LogP contribution < -0.4 is 4.90 Å². The third-order valence-corrected chi connectivity index (χ3v) is 12.0. The topological polar surface area (TPSA) is 3.24 Å². The second kappa shape index (κ2) is 10.2. The molecule has 0 amide bonds. The zero-order chi connectivity index (χ0) is 34.0. The van der Waals surface area contributed by atoms with Crippen LogP contribution in [-0.4, -0.2) is 0 Å². The fraction of sp³-hybridized carbons (Fsp3) is 0.0196. The van der Waals surface area contributed by atoms with E-state index in [4.69, 9.17) is 0 Å². The Bertz CT molecular complexity index is 3070. The molecule has 0 heterocycles. The van der Waals surface area contributed by atoms with E-state index in [-0.39, 0.29) is 0 Å². The van der Waals surface area contributed by atoms with Crippen LogP contribution in [0.4, 0.5) is 17.1 Å². The molecule has 240 valence electrons. The number of nitrogens with zero attached hydrogens (tertiary/aromatic N) is 1. The first-order chi connectivity index (χ1) is 25.8. The van der Waals surface area contributed by atoms with Gasteiger partial charge in [-0.3, -0.25) is 0 Å². The van der Waals surface area contributed by atoms with E-state index in [1.807, 2.05) is 0 Å². The molecular formula is C51H31N. The Balaban J connectivity index is 1.20. The lowest BCUT2D eigenvalue weighted by Crippen LogP contribution is -2.26. The van der Waals surface area contributed by atoms with Gasteiger partial charge in [0, 0.05) is 16.9 Å². The van der Waals surface area contributed by atoms with E-state index in [1.54, 1.807) is 0 Å². The molecule has 1 heteroatoms. The molecule has 1 spiro atoms. The first-order valence-corrected chi connectivity index (χ1v) is 18.2. The van der Waals surface area contributed by atoms with Crippen molar-refractivity contribution in [1.82, 2.24) is 0 Å². The van der Waals surface area contributed by atoms with Crippen molar-refractivity contribution in [3.8, 4) is 22.3 Å². The summed E-state index contributed by atoms with van der Waals surface area (Å²) in [6, 6.07) is 70.1. The van der Waals surface area contributed by atoms with Crippen LogP contribution in [0.25, 0.3) is 65.3 Å². The van der Waals surface area contributed by atoms with Gasteiger partial charge in [0.2, 0.25) is 0 Å². The van der Waals surface area contributed by atoms with E-state index in [9.17, 15) is 0 Å². The predicted molar refractivity (Wildman–Crippen MR) is 219 cm³/mol. The maximum atomic E-state index is 2.46. The van der Waals surface area contributed by atoms with Crippen LogP contribution in [0.3, 0.4) is 0 Å². The van der Waals surface area contributed by atoms with Gasteiger partial charge >= 0.3 is 0 Å². The molecule has 52 heavy (non-hydrogen) atoms. The van der Waals surface area contributed by atoms with Gasteiger partial charge in [0.05, 0.1) is 11.1 Å². The van der Waals surface area contributed by atoms with Crippen LogP contribution >= 0.6 is 0 Å². The highest BCUT2D eigenvalue weighted by Crippen LogP contribution is 2.65. The summed E-state index contributed by atoms with van der Waals surface area (Å²) in [5.41, 5.74) is 13.5. The van der Waals surface area contributed by atoms with Crippen molar-refractivity contribution < 1.29 is 0 Å². The van der Waals surface area contributed by atoms with Gasteiger partial charge < -0.3 is 4.90 Å². The summed E-state index contributed by atoms with van der Waals surface area (Å²) < 4.78 is 0. The summed E-state index contributed by atoms with van der Waals surface area (Å²) >= 11 is 0. The molecule has 2 aliphatic carbocycles. The number of hydrogen-bond donors (Lipinski definition) is 0. The Kier molecular flexibility index (Phi) is 5.49. The Morgan fingerprint density at radius 1 is 0.346 bits per heavy atom. The van der Waals surface area contributed by atoms with Crippen LogP contribution in [0.5, 0.6) is 0 Å². The Morgan fingerprint density at radius 3 is 1.81 bits per heavy atom. The highest BCUT2D eigenvalue weighted by molar-refractivity contribution is 6.36. The molecule has 10 aromatic rings. The van der Waals surface area contributed by atoms with Crippen LogP contribution in [0.1, 0.15) is 22.3 Å². The monoisotopic (exact) mass is 657 g/mol. The van der Waals surface area contributed by atoms with E-state index < -0.39 is 5.41 Å². The van der Waals surface area contributed by atoms with Gasteiger partial charge in [-0.25, -0.2) is 0 Å². The van der Waals surface area contributed by atoms with Crippen molar-refractivity contribution in [1.29, 1.82) is 0 Å². The summed E-state index contributed by atoms with van der Waals surface area (Å²) in [7, 11) is 0. The van der Waals surface area contributed by atoms with E-state index in [0.717, 1.165) is 11.4 Å². The van der Waals surface area contributed by atoms with Crippen LogP contribution in [0, 0.1) is 0 Å². The average molecular weight is 658 g/mol. The van der Waals surface area contributed by atoms with E-state index in [0.29, 0.717) is 0 Å². The van der Waals surface area contributed by atoms with E-state index in [2.05, 4.69) is 193 Å². The second-order valence-corrected chi connectivity index (χ2v) is 14.4. The van der Waals surface area contributed by atoms with Crippen molar-refractivity contribution in [3.05, 3.63) is 210 Å². The van der Waals surface area contributed by atoms with E-state index >= 15 is 0 Å². The zero-order valence-corrected chi connectivity index (χ0v) is 28.3. The predicted octanol–water partition coefficient (Wildman–Crippen LogP) is 13.6. The third kappa shape index (κ3) is 3.43. The molecule has 2 aliphatic rings. The van der Waals surface area contributed by atoms with Gasteiger partial charge in [0.1, 0.15) is 0 Å². The molecule has 1 atom stereocenters. The molecule has 0 radical (unpaired) electrons. The molecule has 0 N–H and O–H groups in total. The minimum Gasteiger partial charge on any atom is -0.310 e. The van der Waals surface area contributed by atoms with Crippen LogP contribution in [-0.2, 0) is 5.41 Å². The van der Waals surface area contributed by atoms with Crippen molar-refractivity contribution in [2.24, 2.45) is 0 Å². The number of rotatable bonds is 4. The van der Waals surface area contributed by atoms with Gasteiger partial charge in [-0.1, -0.05) is 158 Å². The number of anilines is 3. The molecule has 10 aromatic carbocycles. The summed E-state index contributed by atoms with van der Waals surface area (Å²) in [5.74, 6) is 0. The summed E-state index contributed by atoms with van der Waals surface area (Å²) in [6.45, 7) is 0. The average Bonchev–Trinajstić information content (AvgIpc) is 3.69. The molecule has 0 aromatic heterocycles. The van der Waals surface area contributed by atoms with Gasteiger partial charge in [-0.15, -0.1) is 0 Å². The van der Waals surface area contributed by atoms with Crippen molar-refractivity contribution in [2.45, 2.75) is 5.41 Å². The molecule has 12 rings (SSSR count). The fourth-order valence-corrected chi connectivity index (χ4v) is 10.0. The molecular weight excluding hydrogens is 627 g/mol. The Hall–Kier alpha value is -6.70. The minimum atomic E-state index is -0.449. The highest BCUT2D eigenvalue weighted by atomic mass is 15.1. The van der Waals surface area contributed by atoms with Gasteiger partial charge in [0.15, 0.2) is 0 Å². The number of hydrogen-bond acceptors (Lipinski definition) is 1. The lowest BCUT2D eigenvalue weighted by molar-refractivity contribution is 0.797. The maximum Gasteiger partial charge on any atom is 0.0726 e. The Morgan fingerprint density at radius 2 is 0.942 bits per heavy atom. The number of fused-ring (bicyclic) bond motifs is 8. The molecule has 1 nitrogen and oxygen atoms in total. The Labute approximate surface area is 302 Å². The quantitative estimate of drug-likeness (QED) is 0.134. The van der Waals surface area contributed by atoms with Gasteiger partial charge in [-0.05, 0) is 112 Å². The van der Waals surface area contributed by atoms with Gasteiger partial charge in [0.25, 0.3) is 0 Å². The van der Waals surface area contributed by atoms with Gasteiger partial charge in [-0.2, -0.15) is 0 Å². The maximum absolute atomic E-state index is 2.46. The van der Waals surface area contributed by atoms with Crippen LogP contribution in [0.15, 0.2) is 188 Å². The lowest BCUT2D eigenvalue weighted by Gasteiger charge is -2.32. The normalized spacial score (nSPS) is 15.4. The smallest absolute Gasteiger partial charge is 0.0726 e. The first-order valence-electron chi connectivity index (χ1n) is 18.2. The second-order valence-electron chi connectivity index (χ2n) is 14.4. The highest BCUT2D eigenvalue weighted by Gasteiger charge is 2.52. The standard InChI is InChI=1S/C51H31N/c1-3-13-32(14-4-1)35-16-9-19-37(31-35)52(36-17-5-2-6-18-36)45-26-12-25-42-48(45)40-20-7-8-23-41(40)51(42)43-24-11-22-39-38-21-10-15-33-27-28-34-29-30-44(51)50(49(39)43)47(34)46(33)38/h1-31H. The van der Waals surface area contributed by atoms with Crippen molar-refractivity contribution >= 4 is 60.2 Å². The van der Waals surface area contributed by atoms with Crippen LogP contribution in [0.2, 0.25) is 0 Å². The minimum absolute atomic E-state index is 0.449. The lowest BCUT2D eigenvalue weighted by atomic mass is 9.70. The number of benzene rings is 10. The SMILES string of the molecule is c1ccc(-c2cccc(N(c3ccccc3)c3cccc4c3-c3ccccc3C43c4cccc5c6cccc7ccc8ccc3c(c45)c8c76)c2)cc1. The molecule has 0 fully saturated rings. The third-order valence-electron chi connectivity index (χ3n) is 12.0. The fourth-order valence-electron chi connectivity index (χ4n) is 10.0. The van der Waals surface area contributed by atoms with Crippen molar-refractivity contribution in [3.63, 3.8) is 0 Å². The molecule has 0 saturated heterocycles. The molecule has 0 saturated carbocycles. The summed E-state index contributed by atoms with van der Waals surface area (Å²) in [5, 5.41) is 10.9. The molecule has 0 aliphatic heterocycles. The van der Waals surface area contributed by atoms with Crippen molar-refractivity contribution in [2.75, 3.05) is 4.90 Å². The zero-order valence-electron chi connectivity index (χ0n) is 28.3. The van der Waals surface area contributed by atoms with E-state index in [1.165, 1.54) is 93.3 Å². The number of para-hydroxylation sites is 1. The first kappa shape index (κ1) is 28.0. The molecule has 0 bridgehead atoms. The summed E-state index contributed by atoms with van der Waals surface area (Å²) in [4.78, 5) is 2.46.